The molecule has 21 heavy (non-hydrogen) atoms. The molecule has 4 heteroatoms. The van der Waals surface area contributed by atoms with Crippen LogP contribution in [0.25, 0.3) is 0 Å². The Bertz CT molecular complexity index is 593. The summed E-state index contributed by atoms with van der Waals surface area (Å²) >= 11 is 0. The first-order valence-corrected chi connectivity index (χ1v) is 6.88. The molecule has 0 saturated carbocycles. The van der Waals surface area contributed by atoms with E-state index in [0.29, 0.717) is 17.9 Å². The normalized spacial score (nSPS) is 11.8. The molecular weight excluding hydrogens is 269 g/mol. The first kappa shape index (κ1) is 15.0. The molecule has 0 radical (unpaired) electrons. The molecule has 0 aromatic heterocycles. The lowest BCUT2D eigenvalue weighted by atomic mass is 10.2. The van der Waals surface area contributed by atoms with Crippen molar-refractivity contribution in [3.63, 3.8) is 0 Å². The molecule has 0 saturated heterocycles. The van der Waals surface area contributed by atoms with E-state index < -0.39 is 6.10 Å². The zero-order valence-corrected chi connectivity index (χ0v) is 12.1. The van der Waals surface area contributed by atoms with Crippen molar-refractivity contribution in [1.82, 2.24) is 0 Å². The Morgan fingerprint density at radius 3 is 2.33 bits per heavy atom. The van der Waals surface area contributed by atoms with Crippen LogP contribution >= 0.6 is 0 Å². The van der Waals surface area contributed by atoms with Crippen molar-refractivity contribution < 1.29 is 13.9 Å². The summed E-state index contributed by atoms with van der Waals surface area (Å²) in [6, 6.07) is 13.2. The van der Waals surface area contributed by atoms with Gasteiger partial charge in [0.2, 0.25) is 0 Å². The minimum atomic E-state index is -0.585. The lowest BCUT2D eigenvalue weighted by Gasteiger charge is -2.17. The molecule has 2 aromatic rings. The van der Waals surface area contributed by atoms with Gasteiger partial charge in [-0.05, 0) is 49.7 Å². The number of ether oxygens (including phenoxy) is 1. The molecule has 0 aliphatic rings. The van der Waals surface area contributed by atoms with Crippen molar-refractivity contribution in [2.75, 3.05) is 5.32 Å². The number of carbonyl (C=O) groups excluding carboxylic acids is 1. The van der Waals surface area contributed by atoms with Crippen molar-refractivity contribution in [1.29, 1.82) is 0 Å². The van der Waals surface area contributed by atoms with Crippen LogP contribution in [-0.4, -0.2) is 12.0 Å². The lowest BCUT2D eigenvalue weighted by Crippen LogP contribution is -2.32. The molecule has 2 rings (SSSR count). The Morgan fingerprint density at radius 2 is 1.76 bits per heavy atom. The van der Waals surface area contributed by atoms with Crippen molar-refractivity contribution in [2.24, 2.45) is 0 Å². The van der Waals surface area contributed by atoms with Gasteiger partial charge < -0.3 is 10.1 Å². The molecule has 0 bridgehead atoms. The van der Waals surface area contributed by atoms with Crippen molar-refractivity contribution in [3.05, 3.63) is 59.9 Å². The molecule has 1 amide bonds. The predicted octanol–water partition coefficient (Wildman–Crippen LogP) is 3.93. The molecule has 0 unspecified atom stereocenters. The second-order valence-corrected chi connectivity index (χ2v) is 4.82. The highest BCUT2D eigenvalue weighted by atomic mass is 19.1. The minimum Gasteiger partial charge on any atom is -0.481 e. The van der Waals surface area contributed by atoms with Crippen LogP contribution in [0.3, 0.4) is 0 Å². The molecule has 3 nitrogen and oxygen atoms in total. The zero-order valence-electron chi connectivity index (χ0n) is 12.1. The second kappa shape index (κ2) is 6.88. The first-order chi connectivity index (χ1) is 10.1. The van der Waals surface area contributed by atoms with E-state index in [0.717, 1.165) is 5.56 Å². The number of halogens is 1. The summed E-state index contributed by atoms with van der Waals surface area (Å²) in [4.78, 5) is 12.2. The van der Waals surface area contributed by atoms with Gasteiger partial charge in [-0.1, -0.05) is 24.6 Å². The fraction of sp³-hybridized carbons (Fsp3) is 0.235. The smallest absolute Gasteiger partial charge is 0.265 e. The third-order valence-corrected chi connectivity index (χ3v) is 3.07. The standard InChI is InChI=1S/C17H18FNO2/c1-3-16(21-15-10-4-12(2)5-11-15)17(20)19-14-8-6-13(18)7-9-14/h4-11,16H,3H2,1-2H3,(H,19,20)/t16-/m0/s1. The van der Waals surface area contributed by atoms with Crippen molar-refractivity contribution in [2.45, 2.75) is 26.4 Å². The van der Waals surface area contributed by atoms with Gasteiger partial charge in [0.15, 0.2) is 6.10 Å². The van der Waals surface area contributed by atoms with Crippen LogP contribution < -0.4 is 10.1 Å². The summed E-state index contributed by atoms with van der Waals surface area (Å²) in [5.74, 6) is 0.0716. The largest absolute Gasteiger partial charge is 0.481 e. The summed E-state index contributed by atoms with van der Waals surface area (Å²) in [7, 11) is 0. The maximum absolute atomic E-state index is 12.8. The minimum absolute atomic E-state index is 0.246. The molecule has 0 aliphatic carbocycles. The maximum atomic E-state index is 12.8. The van der Waals surface area contributed by atoms with E-state index in [4.69, 9.17) is 4.74 Å². The summed E-state index contributed by atoms with van der Waals surface area (Å²) in [6.07, 6.45) is -0.0428. The van der Waals surface area contributed by atoms with Gasteiger partial charge in [0.1, 0.15) is 11.6 Å². The molecular formula is C17H18FNO2. The Morgan fingerprint density at radius 1 is 1.14 bits per heavy atom. The number of amides is 1. The zero-order chi connectivity index (χ0) is 15.2. The fourth-order valence-corrected chi connectivity index (χ4v) is 1.86. The summed E-state index contributed by atoms with van der Waals surface area (Å²) in [6.45, 7) is 3.87. The highest BCUT2D eigenvalue weighted by molar-refractivity contribution is 5.94. The Hall–Kier alpha value is -2.36. The third kappa shape index (κ3) is 4.31. The molecule has 0 fully saturated rings. The average Bonchev–Trinajstić information content (AvgIpc) is 2.49. The first-order valence-electron chi connectivity index (χ1n) is 6.88. The molecule has 110 valence electrons. The summed E-state index contributed by atoms with van der Waals surface area (Å²) < 4.78 is 18.5. The van der Waals surface area contributed by atoms with Gasteiger partial charge in [-0.3, -0.25) is 4.79 Å². The van der Waals surface area contributed by atoms with E-state index in [1.807, 2.05) is 38.1 Å². The van der Waals surface area contributed by atoms with Gasteiger partial charge in [-0.25, -0.2) is 4.39 Å². The van der Waals surface area contributed by atoms with Crippen LogP contribution in [0, 0.1) is 12.7 Å². The quantitative estimate of drug-likeness (QED) is 0.905. The lowest BCUT2D eigenvalue weighted by molar-refractivity contribution is -0.122. The van der Waals surface area contributed by atoms with Gasteiger partial charge in [-0.2, -0.15) is 0 Å². The molecule has 2 aromatic carbocycles. The van der Waals surface area contributed by atoms with Crippen LogP contribution in [0.15, 0.2) is 48.5 Å². The van der Waals surface area contributed by atoms with Crippen molar-refractivity contribution >= 4 is 11.6 Å². The predicted molar refractivity (Wildman–Crippen MR) is 80.9 cm³/mol. The van der Waals surface area contributed by atoms with Crippen LogP contribution in [0.4, 0.5) is 10.1 Å². The summed E-state index contributed by atoms with van der Waals surface area (Å²) in [5.41, 5.74) is 1.68. The van der Waals surface area contributed by atoms with Crippen LogP contribution in [0.2, 0.25) is 0 Å². The number of nitrogens with one attached hydrogen (secondary N) is 1. The molecule has 0 aliphatic heterocycles. The SMILES string of the molecule is CC[C@H](Oc1ccc(C)cc1)C(=O)Nc1ccc(F)cc1. The number of hydrogen-bond donors (Lipinski definition) is 1. The number of anilines is 1. The molecule has 1 N–H and O–H groups in total. The number of hydrogen-bond acceptors (Lipinski definition) is 2. The second-order valence-electron chi connectivity index (χ2n) is 4.82. The highest BCUT2D eigenvalue weighted by Gasteiger charge is 2.18. The number of aryl methyl sites for hydroxylation is 1. The van der Waals surface area contributed by atoms with Crippen LogP contribution in [-0.2, 0) is 4.79 Å². The highest BCUT2D eigenvalue weighted by Crippen LogP contribution is 2.16. The number of rotatable bonds is 5. The Labute approximate surface area is 123 Å². The van der Waals surface area contributed by atoms with E-state index in [9.17, 15) is 9.18 Å². The van der Waals surface area contributed by atoms with E-state index in [1.165, 1.54) is 24.3 Å². The van der Waals surface area contributed by atoms with Crippen LogP contribution in [0.1, 0.15) is 18.9 Å². The van der Waals surface area contributed by atoms with E-state index in [2.05, 4.69) is 5.32 Å². The summed E-state index contributed by atoms with van der Waals surface area (Å²) in [5, 5.41) is 2.72. The molecule has 0 heterocycles. The van der Waals surface area contributed by atoms with Gasteiger partial charge in [-0.15, -0.1) is 0 Å². The van der Waals surface area contributed by atoms with Gasteiger partial charge in [0.25, 0.3) is 5.91 Å². The molecule has 1 atom stereocenters. The fourth-order valence-electron chi connectivity index (χ4n) is 1.86. The van der Waals surface area contributed by atoms with E-state index in [-0.39, 0.29) is 11.7 Å². The third-order valence-electron chi connectivity index (χ3n) is 3.07. The Kier molecular flexibility index (Phi) is 4.93. The van der Waals surface area contributed by atoms with E-state index in [1.54, 1.807) is 0 Å². The van der Waals surface area contributed by atoms with Crippen molar-refractivity contribution in [3.8, 4) is 5.75 Å². The monoisotopic (exact) mass is 287 g/mol. The van der Waals surface area contributed by atoms with Gasteiger partial charge in [0, 0.05) is 5.69 Å². The van der Waals surface area contributed by atoms with E-state index >= 15 is 0 Å². The van der Waals surface area contributed by atoms with Gasteiger partial charge >= 0.3 is 0 Å². The van der Waals surface area contributed by atoms with Crippen LogP contribution in [0.5, 0.6) is 5.75 Å². The van der Waals surface area contributed by atoms with Gasteiger partial charge in [0.05, 0.1) is 0 Å². The molecule has 0 spiro atoms. The maximum Gasteiger partial charge on any atom is 0.265 e. The average molecular weight is 287 g/mol. The Balaban J connectivity index is 2.01. The number of carbonyl (C=O) groups is 1. The number of benzene rings is 2. The topological polar surface area (TPSA) is 38.3 Å².